The molecular weight excluding hydrogens is 641 g/mol. The lowest BCUT2D eigenvalue weighted by Gasteiger charge is -2.11. The lowest BCUT2D eigenvalue weighted by Crippen LogP contribution is -2.03. The van der Waals surface area contributed by atoms with E-state index in [2.05, 4.69) is 24.3 Å². The molecule has 0 radical (unpaired) electrons. The molecule has 10 rings (SSSR count). The van der Waals surface area contributed by atoms with Gasteiger partial charge in [-0.1, -0.05) is 97.1 Å². The van der Waals surface area contributed by atoms with E-state index in [4.69, 9.17) is 39.9 Å². The van der Waals surface area contributed by atoms with Crippen molar-refractivity contribution >= 4 is 43.6 Å². The van der Waals surface area contributed by atoms with Crippen LogP contribution in [0.1, 0.15) is 0 Å². The third-order valence-electron chi connectivity index (χ3n) is 9.10. The van der Waals surface area contributed by atoms with Crippen molar-refractivity contribution in [1.29, 1.82) is 0 Å². The number of hydrogen-bond acceptors (Lipinski definition) is 8. The van der Waals surface area contributed by atoms with Crippen molar-refractivity contribution in [2.75, 3.05) is 0 Å². The van der Waals surface area contributed by atoms with Crippen molar-refractivity contribution in [2.45, 2.75) is 0 Å². The van der Waals surface area contributed by atoms with Crippen LogP contribution in [0.5, 0.6) is 0 Å². The van der Waals surface area contributed by atoms with Crippen LogP contribution >= 0.6 is 0 Å². The maximum Gasteiger partial charge on any atom is 0.199 e. The highest BCUT2D eigenvalue weighted by Crippen LogP contribution is 2.31. The van der Waals surface area contributed by atoms with Crippen molar-refractivity contribution in [3.05, 3.63) is 158 Å². The number of hydrogen-bond donors (Lipinski definition) is 0. The fourth-order valence-electron chi connectivity index (χ4n) is 6.45. The molecular formula is C44H26N8. The van der Waals surface area contributed by atoms with Crippen LogP contribution in [0.3, 0.4) is 0 Å². The minimum Gasteiger partial charge on any atom is -0.246 e. The number of benzene rings is 4. The molecule has 0 aliphatic carbocycles. The number of nitrogens with zero attached hydrogens (tertiary/aromatic N) is 8. The molecule has 6 aromatic heterocycles. The average molecular weight is 667 g/mol. The Labute approximate surface area is 297 Å². The second-order valence-electron chi connectivity index (χ2n) is 12.5. The van der Waals surface area contributed by atoms with E-state index in [1.807, 2.05) is 133 Å². The third-order valence-corrected chi connectivity index (χ3v) is 9.10. The van der Waals surface area contributed by atoms with Gasteiger partial charge in [0.1, 0.15) is 0 Å². The van der Waals surface area contributed by atoms with Gasteiger partial charge in [0, 0.05) is 21.5 Å². The second-order valence-corrected chi connectivity index (χ2v) is 12.5. The van der Waals surface area contributed by atoms with E-state index in [1.54, 1.807) is 0 Å². The third kappa shape index (κ3) is 5.45. The largest absolute Gasteiger partial charge is 0.246 e. The van der Waals surface area contributed by atoms with Gasteiger partial charge in [0.25, 0.3) is 0 Å². The number of fused-ring (bicyclic) bond motifs is 4. The Hall–Kier alpha value is -7.32. The summed E-state index contributed by atoms with van der Waals surface area (Å²) >= 11 is 0. The maximum absolute atomic E-state index is 5.07. The van der Waals surface area contributed by atoms with E-state index in [9.17, 15) is 0 Å². The first-order valence-electron chi connectivity index (χ1n) is 16.9. The maximum atomic E-state index is 5.07. The van der Waals surface area contributed by atoms with Crippen LogP contribution in [0.25, 0.3) is 101 Å². The fraction of sp³-hybridized carbons (Fsp3) is 0. The van der Waals surface area contributed by atoms with Gasteiger partial charge in [-0.25, -0.2) is 39.9 Å². The monoisotopic (exact) mass is 666 g/mol. The van der Waals surface area contributed by atoms with Crippen molar-refractivity contribution in [2.24, 2.45) is 0 Å². The zero-order valence-electron chi connectivity index (χ0n) is 27.6. The van der Waals surface area contributed by atoms with Crippen molar-refractivity contribution in [3.63, 3.8) is 0 Å². The topological polar surface area (TPSA) is 103 Å². The van der Waals surface area contributed by atoms with Crippen LogP contribution in [0, 0.1) is 0 Å². The van der Waals surface area contributed by atoms with Crippen LogP contribution in [0.2, 0.25) is 0 Å². The van der Waals surface area contributed by atoms with Gasteiger partial charge in [0.05, 0.1) is 67.6 Å². The van der Waals surface area contributed by atoms with Crippen LogP contribution in [-0.2, 0) is 0 Å². The van der Waals surface area contributed by atoms with Crippen LogP contribution in [0.4, 0.5) is 0 Å². The van der Waals surface area contributed by atoms with Crippen LogP contribution in [0.15, 0.2) is 158 Å². The molecule has 10 aromatic rings. The summed E-state index contributed by atoms with van der Waals surface area (Å²) in [5, 5.41) is 4.18. The summed E-state index contributed by atoms with van der Waals surface area (Å²) < 4.78 is 0. The Morgan fingerprint density at radius 2 is 0.462 bits per heavy atom. The molecule has 8 nitrogen and oxygen atoms in total. The smallest absolute Gasteiger partial charge is 0.199 e. The first kappa shape index (κ1) is 29.6. The van der Waals surface area contributed by atoms with Gasteiger partial charge < -0.3 is 0 Å². The molecule has 0 aliphatic heterocycles. The lowest BCUT2D eigenvalue weighted by molar-refractivity contribution is 1.07. The summed E-state index contributed by atoms with van der Waals surface area (Å²) in [7, 11) is 0. The van der Waals surface area contributed by atoms with Crippen molar-refractivity contribution in [3.8, 4) is 57.2 Å². The number of rotatable bonds is 5. The number of para-hydroxylation sites is 4. The summed E-state index contributed by atoms with van der Waals surface area (Å²) in [6, 6.07) is 52.1. The molecule has 0 spiro atoms. The van der Waals surface area contributed by atoms with Crippen molar-refractivity contribution in [1.82, 2.24) is 39.9 Å². The summed E-state index contributed by atoms with van der Waals surface area (Å²) in [5.74, 6) is 0.671. The Bertz CT molecular complexity index is 2600. The van der Waals surface area contributed by atoms with Gasteiger partial charge in [0.2, 0.25) is 0 Å². The van der Waals surface area contributed by atoms with E-state index in [-0.39, 0.29) is 0 Å². The molecule has 52 heavy (non-hydrogen) atoms. The normalized spacial score (nSPS) is 11.5. The van der Waals surface area contributed by atoms with E-state index in [0.29, 0.717) is 57.2 Å². The molecule has 6 heterocycles. The molecule has 0 saturated carbocycles. The Kier molecular flexibility index (Phi) is 6.95. The van der Waals surface area contributed by atoms with Crippen molar-refractivity contribution < 1.29 is 0 Å². The summed E-state index contributed by atoms with van der Waals surface area (Å²) in [4.78, 5) is 40.2. The molecule has 0 fully saturated rings. The predicted octanol–water partition coefficient (Wildman–Crippen LogP) is 9.79. The van der Waals surface area contributed by atoms with Gasteiger partial charge in [-0.15, -0.1) is 0 Å². The molecule has 0 N–H and O–H groups in total. The highest BCUT2D eigenvalue weighted by atomic mass is 15.0. The first-order valence-corrected chi connectivity index (χ1v) is 16.9. The summed E-state index contributed by atoms with van der Waals surface area (Å²) in [6.07, 6.45) is 0. The Morgan fingerprint density at radius 1 is 0.212 bits per heavy atom. The molecule has 0 amide bonds. The second kappa shape index (κ2) is 12.2. The standard InChI is InChI=1S/C44H26N8/c1-5-13-31-27(9-1)17-21-35(45-31)39-25-40(36-22-18-28-10-2-6-14-32(28)46-36)50-43(49-39)44-51-41(37-23-19-29-11-3-7-15-33(29)47-37)26-42(52-44)38-24-20-30-12-4-8-16-34(30)48-38/h1-26H. The highest BCUT2D eigenvalue weighted by Gasteiger charge is 2.19. The van der Waals surface area contributed by atoms with Gasteiger partial charge in [0.15, 0.2) is 11.6 Å². The molecule has 242 valence electrons. The average Bonchev–Trinajstić information content (AvgIpc) is 3.22. The number of pyridine rings is 4. The van der Waals surface area contributed by atoms with E-state index in [1.165, 1.54) is 0 Å². The first-order chi connectivity index (χ1) is 25.7. The number of aromatic nitrogens is 8. The minimum atomic E-state index is 0.335. The van der Waals surface area contributed by atoms with Crippen LogP contribution in [-0.4, -0.2) is 39.9 Å². The van der Waals surface area contributed by atoms with E-state index < -0.39 is 0 Å². The Balaban J connectivity index is 1.21. The van der Waals surface area contributed by atoms with Gasteiger partial charge in [-0.05, 0) is 60.7 Å². The molecule has 0 unspecified atom stereocenters. The molecule has 0 saturated heterocycles. The minimum absolute atomic E-state index is 0.335. The molecule has 8 heteroatoms. The van der Waals surface area contributed by atoms with Gasteiger partial charge in [-0.3, -0.25) is 0 Å². The van der Waals surface area contributed by atoms with Crippen LogP contribution < -0.4 is 0 Å². The highest BCUT2D eigenvalue weighted by molar-refractivity contribution is 5.85. The quantitative estimate of drug-likeness (QED) is 0.179. The SMILES string of the molecule is c1ccc2nc(-c3cc(-c4ccc5ccccc5n4)nc(-c4nc(-c5ccc6ccccc6n5)cc(-c5ccc6ccccc6n5)n4)n3)ccc2c1. The molecule has 4 aromatic carbocycles. The molecule has 0 bridgehead atoms. The summed E-state index contributed by atoms with van der Waals surface area (Å²) in [6.45, 7) is 0. The fourth-order valence-corrected chi connectivity index (χ4v) is 6.45. The van der Waals surface area contributed by atoms with E-state index in [0.717, 1.165) is 43.6 Å². The summed E-state index contributed by atoms with van der Waals surface area (Å²) in [5.41, 5.74) is 8.81. The van der Waals surface area contributed by atoms with Gasteiger partial charge >= 0.3 is 0 Å². The van der Waals surface area contributed by atoms with E-state index >= 15 is 0 Å². The van der Waals surface area contributed by atoms with Gasteiger partial charge in [-0.2, -0.15) is 0 Å². The molecule has 0 aliphatic rings. The molecule has 0 atom stereocenters. The zero-order valence-corrected chi connectivity index (χ0v) is 27.6. The Morgan fingerprint density at radius 3 is 0.731 bits per heavy atom. The predicted molar refractivity (Wildman–Crippen MR) is 206 cm³/mol. The zero-order chi connectivity index (χ0) is 34.4. The lowest BCUT2D eigenvalue weighted by atomic mass is 10.1.